The molecule has 0 saturated heterocycles. The molecule has 0 aliphatic rings. The molecule has 0 saturated carbocycles. The van der Waals surface area contributed by atoms with E-state index in [1.54, 1.807) is 0 Å². The molecule has 25 heavy (non-hydrogen) atoms. The highest BCUT2D eigenvalue weighted by Gasteiger charge is 2.42. The van der Waals surface area contributed by atoms with Gasteiger partial charge in [-0.2, -0.15) is 0 Å². The molecule has 142 valence electrons. The Bertz CT molecular complexity index is 518. The minimum atomic E-state index is -2.12. The van der Waals surface area contributed by atoms with Gasteiger partial charge in [-0.05, 0) is 6.42 Å². The van der Waals surface area contributed by atoms with Crippen molar-refractivity contribution in [2.24, 2.45) is 0 Å². The van der Waals surface area contributed by atoms with Crippen LogP contribution in [0.15, 0.2) is 0 Å². The van der Waals surface area contributed by atoms with Crippen molar-refractivity contribution in [2.45, 2.75) is 51.7 Å². The number of aliphatic carboxylic acids is 1. The summed E-state index contributed by atoms with van der Waals surface area (Å²) in [6.07, 6.45) is -2.81. The number of ether oxygens (including phenoxy) is 4. The topological polar surface area (TPSA) is 142 Å². The molecule has 0 aromatic carbocycles. The van der Waals surface area contributed by atoms with Gasteiger partial charge >= 0.3 is 29.8 Å². The summed E-state index contributed by atoms with van der Waals surface area (Å²) in [4.78, 5) is 57.0. The summed E-state index contributed by atoms with van der Waals surface area (Å²) in [6, 6.07) is 0. The molecular formula is C14H21O10P. The van der Waals surface area contributed by atoms with E-state index in [1.165, 1.54) is 0 Å². The molecule has 0 aromatic heterocycles. The predicted octanol–water partition coefficient (Wildman–Crippen LogP) is 0.0221. The number of carboxylic acids is 1. The summed E-state index contributed by atoms with van der Waals surface area (Å²) < 4.78 is 18.6. The zero-order valence-electron chi connectivity index (χ0n) is 14.1. The van der Waals surface area contributed by atoms with E-state index in [-0.39, 0.29) is 6.61 Å². The Balaban J connectivity index is 5.09. The summed E-state index contributed by atoms with van der Waals surface area (Å²) >= 11 is 0. The number of hydrogen-bond donors (Lipinski definition) is 1. The van der Waals surface area contributed by atoms with Crippen LogP contribution in [0.3, 0.4) is 0 Å². The maximum absolute atomic E-state index is 12.1. The van der Waals surface area contributed by atoms with Gasteiger partial charge in [0.05, 0.1) is 6.61 Å². The molecule has 0 aromatic rings. The first kappa shape index (κ1) is 22.8. The molecule has 1 unspecified atom stereocenters. The zero-order chi connectivity index (χ0) is 19.6. The number of esters is 4. The lowest BCUT2D eigenvalue weighted by molar-refractivity contribution is -0.190. The largest absolute Gasteiger partial charge is 0.478 e. The molecule has 0 fully saturated rings. The van der Waals surface area contributed by atoms with E-state index >= 15 is 0 Å². The van der Waals surface area contributed by atoms with Crippen LogP contribution in [-0.2, 0) is 42.9 Å². The van der Waals surface area contributed by atoms with Gasteiger partial charge in [-0.3, -0.25) is 9.59 Å². The molecule has 0 bridgehead atoms. The van der Waals surface area contributed by atoms with Gasteiger partial charge in [0.1, 0.15) is 0 Å². The molecule has 4 atom stereocenters. The maximum atomic E-state index is 12.1. The van der Waals surface area contributed by atoms with E-state index in [0.29, 0.717) is 6.42 Å². The first-order valence-corrected chi connectivity index (χ1v) is 7.96. The Morgan fingerprint density at radius 2 is 1.44 bits per heavy atom. The SMILES string of the molecule is CCCCOC(=O)[C@@H](P)OC(=O)[C@H](OC(C)=O)[C@@H](OC(C)=O)C(=O)O. The van der Waals surface area contributed by atoms with Crippen LogP contribution >= 0.6 is 9.24 Å². The molecule has 11 heteroatoms. The van der Waals surface area contributed by atoms with Gasteiger partial charge in [0, 0.05) is 13.8 Å². The summed E-state index contributed by atoms with van der Waals surface area (Å²) in [5.74, 6) is -7.47. The standard InChI is InChI=1S/C14H21O10P/c1-4-5-6-21-13(20)14(25)24-12(19)10(23-8(3)16)9(11(17)18)22-7(2)15/h9-10,14H,4-6,25H2,1-3H3,(H,17,18)/t9-,10-,14-/m1/s1. The smallest absolute Gasteiger partial charge is 0.353 e. The molecule has 0 heterocycles. The normalized spacial score (nSPS) is 13.8. The number of carboxylic acid groups (broad SMARTS) is 1. The molecule has 0 radical (unpaired) electrons. The average molecular weight is 380 g/mol. The Kier molecular flexibility index (Phi) is 10.3. The van der Waals surface area contributed by atoms with Crippen LogP contribution in [0.1, 0.15) is 33.6 Å². The minimum absolute atomic E-state index is 0.121. The van der Waals surface area contributed by atoms with Crippen molar-refractivity contribution in [2.75, 3.05) is 6.61 Å². The van der Waals surface area contributed by atoms with E-state index in [2.05, 4.69) is 9.47 Å². The van der Waals surface area contributed by atoms with Gasteiger partial charge in [-0.15, -0.1) is 0 Å². The third kappa shape index (κ3) is 8.99. The average Bonchev–Trinajstić information content (AvgIpc) is 2.49. The summed E-state index contributed by atoms with van der Waals surface area (Å²) in [5, 5.41) is 9.07. The minimum Gasteiger partial charge on any atom is -0.478 e. The second-order valence-electron chi connectivity index (χ2n) is 4.78. The van der Waals surface area contributed by atoms with Crippen LogP contribution < -0.4 is 0 Å². The predicted molar refractivity (Wildman–Crippen MR) is 84.2 cm³/mol. The molecule has 0 aliphatic carbocycles. The van der Waals surface area contributed by atoms with E-state index in [0.717, 1.165) is 20.3 Å². The molecule has 10 nitrogen and oxygen atoms in total. The fourth-order valence-electron chi connectivity index (χ4n) is 1.47. The van der Waals surface area contributed by atoms with Crippen molar-refractivity contribution in [3.05, 3.63) is 0 Å². The van der Waals surface area contributed by atoms with Crippen LogP contribution in [0.4, 0.5) is 0 Å². The van der Waals surface area contributed by atoms with Crippen LogP contribution in [0, 0.1) is 0 Å². The third-order valence-electron chi connectivity index (χ3n) is 2.55. The van der Waals surface area contributed by atoms with Crippen molar-refractivity contribution < 1.29 is 48.0 Å². The maximum Gasteiger partial charge on any atom is 0.353 e. The lowest BCUT2D eigenvalue weighted by Gasteiger charge is -2.23. The highest BCUT2D eigenvalue weighted by molar-refractivity contribution is 7.19. The first-order valence-electron chi connectivity index (χ1n) is 7.30. The van der Waals surface area contributed by atoms with Crippen molar-refractivity contribution >= 4 is 39.1 Å². The number of carbonyl (C=O) groups excluding carboxylic acids is 4. The van der Waals surface area contributed by atoms with Gasteiger partial charge in [-0.25, -0.2) is 14.4 Å². The summed E-state index contributed by atoms with van der Waals surface area (Å²) in [5.41, 5.74) is 0. The van der Waals surface area contributed by atoms with Crippen LogP contribution in [0.25, 0.3) is 0 Å². The lowest BCUT2D eigenvalue weighted by atomic mass is 10.2. The van der Waals surface area contributed by atoms with Gasteiger partial charge in [0.2, 0.25) is 18.1 Å². The fraction of sp³-hybridized carbons (Fsp3) is 0.643. The van der Waals surface area contributed by atoms with Gasteiger partial charge < -0.3 is 24.1 Å². The summed E-state index contributed by atoms with van der Waals surface area (Å²) in [6.45, 7) is 3.84. The van der Waals surface area contributed by atoms with Crippen molar-refractivity contribution in [1.82, 2.24) is 0 Å². The van der Waals surface area contributed by atoms with Crippen molar-refractivity contribution in [1.29, 1.82) is 0 Å². The van der Waals surface area contributed by atoms with Gasteiger partial charge in [0.15, 0.2) is 0 Å². The second kappa shape index (κ2) is 11.4. The quantitative estimate of drug-likeness (QED) is 0.238. The van der Waals surface area contributed by atoms with Gasteiger partial charge in [-0.1, -0.05) is 22.6 Å². The van der Waals surface area contributed by atoms with Crippen molar-refractivity contribution in [3.63, 3.8) is 0 Å². The van der Waals surface area contributed by atoms with Gasteiger partial charge in [0.25, 0.3) is 0 Å². The number of unbranched alkanes of at least 4 members (excludes halogenated alkanes) is 1. The molecule has 0 spiro atoms. The Morgan fingerprint density at radius 3 is 1.88 bits per heavy atom. The summed E-state index contributed by atoms with van der Waals surface area (Å²) in [7, 11) is 1.89. The Hall–Kier alpha value is -2.22. The van der Waals surface area contributed by atoms with E-state index in [1.807, 2.05) is 16.2 Å². The van der Waals surface area contributed by atoms with Crippen LogP contribution in [-0.4, -0.2) is 59.6 Å². The third-order valence-corrected chi connectivity index (χ3v) is 2.96. The highest BCUT2D eigenvalue weighted by Crippen LogP contribution is 2.13. The number of hydrogen-bond acceptors (Lipinski definition) is 9. The fourth-order valence-corrected chi connectivity index (χ4v) is 1.70. The number of rotatable bonds is 10. The van der Waals surface area contributed by atoms with Crippen LogP contribution in [0.5, 0.6) is 0 Å². The first-order chi connectivity index (χ1) is 11.6. The van der Waals surface area contributed by atoms with E-state index < -0.39 is 47.9 Å². The zero-order valence-corrected chi connectivity index (χ0v) is 15.2. The second-order valence-corrected chi connectivity index (χ2v) is 5.38. The monoisotopic (exact) mass is 380 g/mol. The molecule has 0 amide bonds. The molecular weight excluding hydrogens is 359 g/mol. The Morgan fingerprint density at radius 1 is 0.920 bits per heavy atom. The number of carbonyl (C=O) groups is 5. The lowest BCUT2D eigenvalue weighted by Crippen LogP contribution is -2.47. The van der Waals surface area contributed by atoms with Crippen LogP contribution in [0.2, 0.25) is 0 Å². The highest BCUT2D eigenvalue weighted by atomic mass is 31.0. The molecule has 1 N–H and O–H groups in total. The Labute approximate surface area is 146 Å². The van der Waals surface area contributed by atoms with E-state index in [9.17, 15) is 24.0 Å². The molecule has 0 rings (SSSR count). The molecule has 0 aliphatic heterocycles. The van der Waals surface area contributed by atoms with E-state index in [4.69, 9.17) is 14.6 Å². The van der Waals surface area contributed by atoms with Crippen molar-refractivity contribution in [3.8, 4) is 0 Å².